The number of amides is 2. The van der Waals surface area contributed by atoms with E-state index in [9.17, 15) is 9.59 Å². The van der Waals surface area contributed by atoms with Crippen molar-refractivity contribution in [2.75, 3.05) is 54.2 Å². The number of nitrogens with one attached hydrogen (secondary N) is 1. The zero-order valence-electron chi connectivity index (χ0n) is 16.2. The first-order valence-corrected chi connectivity index (χ1v) is 8.96. The van der Waals surface area contributed by atoms with E-state index in [1.54, 1.807) is 44.4 Å². The van der Waals surface area contributed by atoms with E-state index in [1.807, 2.05) is 0 Å². The summed E-state index contributed by atoms with van der Waals surface area (Å²) in [4.78, 5) is 26.4. The van der Waals surface area contributed by atoms with E-state index in [0.29, 0.717) is 56.2 Å². The number of rotatable bonds is 9. The molecule has 150 valence electrons. The molecule has 1 aliphatic heterocycles. The molecular formula is C19H28N2O6. The lowest BCUT2D eigenvalue weighted by Crippen LogP contribution is -2.47. The fourth-order valence-electron chi connectivity index (χ4n) is 2.96. The van der Waals surface area contributed by atoms with Crippen molar-refractivity contribution in [1.29, 1.82) is 0 Å². The highest BCUT2D eigenvalue weighted by Crippen LogP contribution is 2.28. The molecule has 1 heterocycles. The smallest absolute Gasteiger partial charge is 0.253 e. The molecule has 0 atom stereocenters. The second kappa shape index (κ2) is 10.7. The topological polar surface area (TPSA) is 86.3 Å². The van der Waals surface area contributed by atoms with Crippen molar-refractivity contribution < 1.29 is 28.5 Å². The number of piperidine rings is 1. The van der Waals surface area contributed by atoms with Crippen LogP contribution in [0.2, 0.25) is 0 Å². The number of nitrogens with zero attached hydrogens (tertiary/aromatic N) is 1. The standard InChI is InChI=1S/C19H28N2O6/c1-24-10-11-27-13-18(22)20-15-6-8-21(9-7-15)19(23)14-4-5-16(25-2)17(12-14)26-3/h4-5,12,15H,6-11,13H2,1-3H3,(H,20,22). The van der Waals surface area contributed by atoms with Gasteiger partial charge in [0.25, 0.3) is 5.91 Å². The number of carbonyl (C=O) groups is 2. The summed E-state index contributed by atoms with van der Waals surface area (Å²) in [5, 5.41) is 2.95. The van der Waals surface area contributed by atoms with Crippen molar-refractivity contribution in [3.63, 3.8) is 0 Å². The van der Waals surface area contributed by atoms with E-state index < -0.39 is 0 Å². The molecule has 0 unspecified atom stereocenters. The second-order valence-corrected chi connectivity index (χ2v) is 6.25. The molecular weight excluding hydrogens is 352 g/mol. The summed E-state index contributed by atoms with van der Waals surface area (Å²) in [6.07, 6.45) is 1.42. The van der Waals surface area contributed by atoms with Gasteiger partial charge < -0.3 is 29.2 Å². The third kappa shape index (κ3) is 6.11. The first-order chi connectivity index (χ1) is 13.1. The van der Waals surface area contributed by atoms with Crippen LogP contribution in [-0.4, -0.2) is 77.0 Å². The zero-order chi connectivity index (χ0) is 19.6. The number of hydrogen-bond acceptors (Lipinski definition) is 6. The van der Waals surface area contributed by atoms with Gasteiger partial charge in [-0.3, -0.25) is 9.59 Å². The molecule has 1 N–H and O–H groups in total. The predicted octanol–water partition coefficient (Wildman–Crippen LogP) is 1.09. The third-order valence-electron chi connectivity index (χ3n) is 4.44. The Morgan fingerprint density at radius 1 is 1.07 bits per heavy atom. The van der Waals surface area contributed by atoms with Crippen molar-refractivity contribution in [2.45, 2.75) is 18.9 Å². The lowest BCUT2D eigenvalue weighted by atomic mass is 10.0. The van der Waals surface area contributed by atoms with Crippen LogP contribution < -0.4 is 14.8 Å². The first-order valence-electron chi connectivity index (χ1n) is 8.96. The maximum atomic E-state index is 12.7. The van der Waals surface area contributed by atoms with Crippen LogP contribution in [-0.2, 0) is 14.3 Å². The van der Waals surface area contributed by atoms with E-state index in [-0.39, 0.29) is 24.5 Å². The molecule has 1 aromatic carbocycles. The van der Waals surface area contributed by atoms with Crippen LogP contribution in [0.4, 0.5) is 0 Å². The van der Waals surface area contributed by atoms with Crippen molar-refractivity contribution in [2.24, 2.45) is 0 Å². The number of benzene rings is 1. The minimum absolute atomic E-state index is 0.0220. The molecule has 1 aromatic rings. The molecule has 2 rings (SSSR count). The monoisotopic (exact) mass is 380 g/mol. The average molecular weight is 380 g/mol. The molecule has 0 radical (unpaired) electrons. The summed E-state index contributed by atoms with van der Waals surface area (Å²) in [6, 6.07) is 5.20. The predicted molar refractivity (Wildman–Crippen MR) is 99.3 cm³/mol. The average Bonchev–Trinajstić information content (AvgIpc) is 2.70. The molecule has 2 amide bonds. The van der Waals surface area contributed by atoms with Gasteiger partial charge in [-0.15, -0.1) is 0 Å². The van der Waals surface area contributed by atoms with E-state index in [2.05, 4.69) is 5.32 Å². The highest BCUT2D eigenvalue weighted by atomic mass is 16.5. The van der Waals surface area contributed by atoms with Crippen LogP contribution >= 0.6 is 0 Å². The Morgan fingerprint density at radius 3 is 2.41 bits per heavy atom. The molecule has 0 aliphatic carbocycles. The Labute approximate surface area is 159 Å². The maximum absolute atomic E-state index is 12.7. The van der Waals surface area contributed by atoms with Crippen LogP contribution in [0.5, 0.6) is 11.5 Å². The molecule has 0 spiro atoms. The summed E-state index contributed by atoms with van der Waals surface area (Å²) in [6.45, 7) is 2.05. The van der Waals surface area contributed by atoms with E-state index in [1.165, 1.54) is 0 Å². The molecule has 8 heteroatoms. The van der Waals surface area contributed by atoms with Gasteiger partial charge in [-0.1, -0.05) is 0 Å². The number of methoxy groups -OCH3 is 3. The Balaban J connectivity index is 1.81. The number of carbonyl (C=O) groups excluding carboxylic acids is 2. The Morgan fingerprint density at radius 2 is 1.78 bits per heavy atom. The van der Waals surface area contributed by atoms with Crippen LogP contribution in [0, 0.1) is 0 Å². The van der Waals surface area contributed by atoms with Gasteiger partial charge in [0.1, 0.15) is 6.61 Å². The van der Waals surface area contributed by atoms with Gasteiger partial charge in [-0.2, -0.15) is 0 Å². The second-order valence-electron chi connectivity index (χ2n) is 6.25. The Kier molecular flexibility index (Phi) is 8.35. The highest BCUT2D eigenvalue weighted by Gasteiger charge is 2.25. The number of hydrogen-bond donors (Lipinski definition) is 1. The van der Waals surface area contributed by atoms with Crippen LogP contribution in [0.1, 0.15) is 23.2 Å². The van der Waals surface area contributed by atoms with Crippen molar-refractivity contribution >= 4 is 11.8 Å². The van der Waals surface area contributed by atoms with E-state index in [0.717, 1.165) is 0 Å². The van der Waals surface area contributed by atoms with Gasteiger partial charge in [0.2, 0.25) is 5.91 Å². The number of likely N-dealkylation sites (tertiary alicyclic amines) is 1. The maximum Gasteiger partial charge on any atom is 0.253 e. The molecule has 1 fully saturated rings. The van der Waals surface area contributed by atoms with Gasteiger partial charge in [-0.05, 0) is 31.0 Å². The van der Waals surface area contributed by atoms with Gasteiger partial charge in [0, 0.05) is 31.8 Å². The SMILES string of the molecule is COCCOCC(=O)NC1CCN(C(=O)c2ccc(OC)c(OC)c2)CC1. The van der Waals surface area contributed by atoms with Crippen molar-refractivity contribution in [3.8, 4) is 11.5 Å². The molecule has 0 saturated carbocycles. The van der Waals surface area contributed by atoms with Gasteiger partial charge in [0.15, 0.2) is 11.5 Å². The quantitative estimate of drug-likeness (QED) is 0.646. The summed E-state index contributed by atoms with van der Waals surface area (Å²) >= 11 is 0. The van der Waals surface area contributed by atoms with Gasteiger partial charge in [-0.25, -0.2) is 0 Å². The van der Waals surface area contributed by atoms with Crippen molar-refractivity contribution in [1.82, 2.24) is 10.2 Å². The summed E-state index contributed by atoms with van der Waals surface area (Å²) in [5.41, 5.74) is 0.557. The highest BCUT2D eigenvalue weighted by molar-refractivity contribution is 5.95. The van der Waals surface area contributed by atoms with E-state index >= 15 is 0 Å². The molecule has 27 heavy (non-hydrogen) atoms. The minimum atomic E-state index is -0.143. The zero-order valence-corrected chi connectivity index (χ0v) is 16.2. The van der Waals surface area contributed by atoms with Crippen LogP contribution in [0.15, 0.2) is 18.2 Å². The van der Waals surface area contributed by atoms with Crippen LogP contribution in [0.25, 0.3) is 0 Å². The lowest BCUT2D eigenvalue weighted by molar-refractivity contribution is -0.127. The Bertz CT molecular complexity index is 629. The minimum Gasteiger partial charge on any atom is -0.493 e. The number of ether oxygens (including phenoxy) is 4. The van der Waals surface area contributed by atoms with Gasteiger partial charge in [0.05, 0.1) is 27.4 Å². The first kappa shape index (κ1) is 21.0. The largest absolute Gasteiger partial charge is 0.493 e. The van der Waals surface area contributed by atoms with E-state index in [4.69, 9.17) is 18.9 Å². The lowest BCUT2D eigenvalue weighted by Gasteiger charge is -2.32. The summed E-state index contributed by atoms with van der Waals surface area (Å²) in [7, 11) is 4.68. The normalized spacial score (nSPS) is 14.7. The van der Waals surface area contributed by atoms with Crippen molar-refractivity contribution in [3.05, 3.63) is 23.8 Å². The molecule has 8 nitrogen and oxygen atoms in total. The molecule has 1 aliphatic rings. The molecule has 0 bridgehead atoms. The molecule has 1 saturated heterocycles. The van der Waals surface area contributed by atoms with Crippen LogP contribution in [0.3, 0.4) is 0 Å². The third-order valence-corrected chi connectivity index (χ3v) is 4.44. The summed E-state index contributed by atoms with van der Waals surface area (Å²) < 4.78 is 20.5. The fourth-order valence-corrected chi connectivity index (χ4v) is 2.96. The molecule has 0 aromatic heterocycles. The Hall–Kier alpha value is -2.32. The van der Waals surface area contributed by atoms with Gasteiger partial charge >= 0.3 is 0 Å². The fraction of sp³-hybridized carbons (Fsp3) is 0.579. The summed E-state index contributed by atoms with van der Waals surface area (Å²) in [5.74, 6) is 0.918.